The lowest BCUT2D eigenvalue weighted by molar-refractivity contribution is -0.165. The molecule has 5 heteroatoms. The van der Waals surface area contributed by atoms with Gasteiger partial charge in [-0.25, -0.2) is 0 Å². The van der Waals surface area contributed by atoms with Crippen LogP contribution < -0.4 is 0 Å². The van der Waals surface area contributed by atoms with Gasteiger partial charge in [-0.15, -0.1) is 0 Å². The van der Waals surface area contributed by atoms with Crippen molar-refractivity contribution in [3.8, 4) is 0 Å². The largest absolute Gasteiger partial charge is 0.507 e. The number of carbonyl (C=O) groups excluding carboxylic acids is 1. The van der Waals surface area contributed by atoms with Crippen LogP contribution in [0.3, 0.4) is 0 Å². The molecule has 0 aromatic heterocycles. The van der Waals surface area contributed by atoms with Gasteiger partial charge in [0.05, 0.1) is 0 Å². The maximum absolute atomic E-state index is 12.6. The first-order valence-electron chi connectivity index (χ1n) is 10.9. The van der Waals surface area contributed by atoms with Crippen LogP contribution in [0.25, 0.3) is 16.9 Å². The molecule has 0 saturated carbocycles. The highest BCUT2D eigenvalue weighted by molar-refractivity contribution is 6.04. The average Bonchev–Trinajstić information content (AvgIpc) is 2.88. The molecule has 4 aromatic rings. The second kappa shape index (κ2) is 10.3. The first-order valence-corrected chi connectivity index (χ1v) is 10.9. The normalized spacial score (nSPS) is 11.7. The summed E-state index contributed by atoms with van der Waals surface area (Å²) >= 11 is 0. The maximum Gasteiger partial charge on any atom is 0.454 e. The topological polar surface area (TPSA) is 37.3 Å². The van der Waals surface area contributed by atoms with Crippen LogP contribution in [0.5, 0.6) is 0 Å². The molecule has 0 spiro atoms. The van der Waals surface area contributed by atoms with Crippen LogP contribution in [0.1, 0.15) is 27.8 Å². The molecule has 0 amide bonds. The minimum Gasteiger partial charge on any atom is -0.507 e. The number of hydrogen-bond acceptors (Lipinski definition) is 2. The van der Waals surface area contributed by atoms with E-state index in [1.165, 1.54) is 12.1 Å². The summed E-state index contributed by atoms with van der Waals surface area (Å²) in [7, 11) is 0. The summed E-state index contributed by atoms with van der Waals surface area (Å²) in [5, 5.41) is 10.1. The summed E-state index contributed by atoms with van der Waals surface area (Å²) in [6.45, 7) is 0. The molecule has 0 aliphatic carbocycles. The van der Waals surface area contributed by atoms with E-state index in [9.17, 15) is 23.1 Å². The quantitative estimate of drug-likeness (QED) is 0.178. The fourth-order valence-electron chi connectivity index (χ4n) is 3.82. The molecule has 2 nitrogen and oxygen atoms in total. The monoisotopic (exact) mass is 470 g/mol. The van der Waals surface area contributed by atoms with E-state index in [1.807, 2.05) is 91.0 Å². The minimum atomic E-state index is -5.04. The third-order valence-electron chi connectivity index (χ3n) is 5.45. The van der Waals surface area contributed by atoms with Gasteiger partial charge < -0.3 is 5.11 Å². The number of aliphatic hydroxyl groups excluding tert-OH is 1. The summed E-state index contributed by atoms with van der Waals surface area (Å²) in [6, 6.07) is 36.1. The van der Waals surface area contributed by atoms with Gasteiger partial charge in [-0.05, 0) is 33.4 Å². The van der Waals surface area contributed by atoms with Gasteiger partial charge in [-0.2, -0.15) is 13.2 Å². The van der Waals surface area contributed by atoms with E-state index in [2.05, 4.69) is 0 Å². The molecule has 0 heterocycles. The predicted octanol–water partition coefficient (Wildman–Crippen LogP) is 7.72. The Balaban J connectivity index is 1.90. The number of aliphatic hydroxyl groups is 1. The standard InChI is InChI=1S/C30H21F3O2/c31-30(32,33)27(35)20-26(34)21-16-18-25(19-17-21)29(24-14-8-3-9-15-24)28(22-10-4-1-5-11-22)23-12-6-2-7-13-23/h1-20,34H/b26-20-. The summed E-state index contributed by atoms with van der Waals surface area (Å²) in [5.74, 6) is -2.85. The molecule has 0 atom stereocenters. The van der Waals surface area contributed by atoms with Crippen molar-refractivity contribution < 1.29 is 23.1 Å². The van der Waals surface area contributed by atoms with Crippen LogP contribution in [0, 0.1) is 0 Å². The molecule has 0 aliphatic heterocycles. The van der Waals surface area contributed by atoms with Gasteiger partial charge in [-0.1, -0.05) is 115 Å². The highest BCUT2D eigenvalue weighted by Gasteiger charge is 2.37. The molecule has 4 aromatic carbocycles. The lowest BCUT2D eigenvalue weighted by Gasteiger charge is -2.18. The van der Waals surface area contributed by atoms with Crippen LogP contribution in [-0.4, -0.2) is 17.1 Å². The molecular weight excluding hydrogens is 449 g/mol. The van der Waals surface area contributed by atoms with Crippen molar-refractivity contribution in [2.45, 2.75) is 6.18 Å². The van der Waals surface area contributed by atoms with E-state index < -0.39 is 17.7 Å². The highest BCUT2D eigenvalue weighted by atomic mass is 19.4. The van der Waals surface area contributed by atoms with Crippen LogP contribution in [0.2, 0.25) is 0 Å². The Kier molecular flexibility index (Phi) is 6.97. The zero-order chi connectivity index (χ0) is 24.8. The third kappa shape index (κ3) is 5.58. The number of ketones is 1. The summed E-state index contributed by atoms with van der Waals surface area (Å²) < 4.78 is 37.7. The molecule has 0 fully saturated rings. The Hall–Kier alpha value is -4.38. The second-order valence-corrected chi connectivity index (χ2v) is 7.82. The van der Waals surface area contributed by atoms with Crippen LogP contribution in [-0.2, 0) is 4.79 Å². The number of carbonyl (C=O) groups is 1. The van der Waals surface area contributed by atoms with Gasteiger partial charge in [0.2, 0.25) is 0 Å². The van der Waals surface area contributed by atoms with E-state index >= 15 is 0 Å². The lowest BCUT2D eigenvalue weighted by atomic mass is 9.85. The number of hydrogen-bond donors (Lipinski definition) is 1. The molecule has 0 radical (unpaired) electrons. The highest BCUT2D eigenvalue weighted by Crippen LogP contribution is 2.37. The molecule has 174 valence electrons. The first-order chi connectivity index (χ1) is 16.8. The van der Waals surface area contributed by atoms with Crippen molar-refractivity contribution in [1.29, 1.82) is 0 Å². The van der Waals surface area contributed by atoms with Crippen LogP contribution >= 0.6 is 0 Å². The van der Waals surface area contributed by atoms with Crippen molar-refractivity contribution in [3.05, 3.63) is 149 Å². The van der Waals surface area contributed by atoms with Crippen LogP contribution in [0.4, 0.5) is 13.2 Å². The summed E-state index contributed by atoms with van der Waals surface area (Å²) in [5.41, 5.74) is 5.77. The predicted molar refractivity (Wildman–Crippen MR) is 132 cm³/mol. The van der Waals surface area contributed by atoms with Gasteiger partial charge >= 0.3 is 6.18 Å². The molecule has 35 heavy (non-hydrogen) atoms. The first kappa shape index (κ1) is 23.8. The van der Waals surface area contributed by atoms with Gasteiger partial charge in [-0.3, -0.25) is 4.79 Å². The Labute approximate surface area is 201 Å². The third-order valence-corrected chi connectivity index (χ3v) is 5.45. The zero-order valence-corrected chi connectivity index (χ0v) is 18.5. The van der Waals surface area contributed by atoms with Gasteiger partial charge in [0.1, 0.15) is 5.76 Å². The maximum atomic E-state index is 12.6. The van der Waals surface area contributed by atoms with E-state index in [1.54, 1.807) is 12.1 Å². The van der Waals surface area contributed by atoms with Crippen molar-refractivity contribution in [2.75, 3.05) is 0 Å². The van der Waals surface area contributed by atoms with Crippen molar-refractivity contribution in [3.63, 3.8) is 0 Å². The summed E-state index contributed by atoms with van der Waals surface area (Å²) in [4.78, 5) is 11.2. The number of halogens is 3. The summed E-state index contributed by atoms with van der Waals surface area (Å²) in [6.07, 6.45) is -4.85. The Morgan fingerprint density at radius 2 is 0.857 bits per heavy atom. The van der Waals surface area contributed by atoms with Crippen molar-refractivity contribution in [1.82, 2.24) is 0 Å². The van der Waals surface area contributed by atoms with Gasteiger partial charge in [0.25, 0.3) is 5.78 Å². The molecule has 0 saturated heterocycles. The number of alkyl halides is 3. The molecule has 1 N–H and O–H groups in total. The Bertz CT molecular complexity index is 1310. The Morgan fingerprint density at radius 3 is 1.20 bits per heavy atom. The molecule has 0 bridgehead atoms. The average molecular weight is 470 g/mol. The number of allylic oxidation sites excluding steroid dienone is 1. The van der Waals surface area contributed by atoms with Gasteiger partial charge in [0.15, 0.2) is 0 Å². The Morgan fingerprint density at radius 1 is 0.543 bits per heavy atom. The van der Waals surface area contributed by atoms with E-state index in [0.717, 1.165) is 33.4 Å². The second-order valence-electron chi connectivity index (χ2n) is 7.82. The number of benzene rings is 4. The van der Waals surface area contributed by atoms with Gasteiger partial charge in [0, 0.05) is 11.6 Å². The lowest BCUT2D eigenvalue weighted by Crippen LogP contribution is -2.20. The number of rotatable bonds is 6. The van der Waals surface area contributed by atoms with E-state index in [-0.39, 0.29) is 11.6 Å². The van der Waals surface area contributed by atoms with E-state index in [0.29, 0.717) is 0 Å². The fourth-order valence-corrected chi connectivity index (χ4v) is 3.82. The van der Waals surface area contributed by atoms with Crippen LogP contribution in [0.15, 0.2) is 121 Å². The minimum absolute atomic E-state index is 0.111. The smallest absolute Gasteiger partial charge is 0.454 e. The van der Waals surface area contributed by atoms with E-state index in [4.69, 9.17) is 0 Å². The molecule has 0 unspecified atom stereocenters. The molecular formula is C30H21F3O2. The SMILES string of the molecule is O=C(/C=C(\O)c1ccc(C(=C(c2ccccc2)c2ccccc2)c2ccccc2)cc1)C(F)(F)F. The fraction of sp³-hybridized carbons (Fsp3) is 0.0333. The molecule has 4 rings (SSSR count). The zero-order valence-electron chi connectivity index (χ0n) is 18.5. The molecule has 0 aliphatic rings. The van der Waals surface area contributed by atoms with Crippen molar-refractivity contribution in [2.24, 2.45) is 0 Å². The van der Waals surface area contributed by atoms with Crippen molar-refractivity contribution >= 4 is 22.7 Å².